The minimum atomic E-state index is -3.74. The van der Waals surface area contributed by atoms with Crippen LogP contribution in [0.25, 0.3) is 0 Å². The number of anilines is 1. The molecular formula is C20H26FINO3P. The average Bonchev–Trinajstić information content (AvgIpc) is 2.53. The maximum Gasteiger partial charge on any atom is 0.357 e. The Kier molecular flexibility index (Phi) is 7.86. The molecule has 0 saturated heterocycles. The molecule has 2 aromatic carbocycles. The molecule has 148 valence electrons. The van der Waals surface area contributed by atoms with Crippen LogP contribution in [0, 0.1) is 16.3 Å². The second-order valence-electron chi connectivity index (χ2n) is 6.88. The van der Waals surface area contributed by atoms with Crippen LogP contribution < -0.4 is 5.32 Å². The first-order valence-corrected chi connectivity index (χ1v) is 11.5. The van der Waals surface area contributed by atoms with Crippen molar-refractivity contribution >= 4 is 35.9 Å². The van der Waals surface area contributed by atoms with Crippen molar-refractivity contribution < 1.29 is 18.0 Å². The van der Waals surface area contributed by atoms with Crippen LogP contribution in [-0.2, 0) is 13.6 Å². The summed E-state index contributed by atoms with van der Waals surface area (Å²) in [6.45, 7) is 9.08. The zero-order chi connectivity index (χ0) is 20.2. The fourth-order valence-electron chi connectivity index (χ4n) is 2.69. The highest BCUT2D eigenvalue weighted by Gasteiger charge is 2.41. The molecule has 7 heteroatoms. The smallest absolute Gasteiger partial charge is 0.357 e. The maximum absolute atomic E-state index is 14.6. The summed E-state index contributed by atoms with van der Waals surface area (Å²) in [5, 5.41) is 3.23. The van der Waals surface area contributed by atoms with Gasteiger partial charge in [-0.25, -0.2) is 4.39 Å². The van der Waals surface area contributed by atoms with Gasteiger partial charge in [-0.05, 0) is 87.0 Å². The van der Waals surface area contributed by atoms with Crippen molar-refractivity contribution in [2.75, 3.05) is 5.32 Å². The fourth-order valence-corrected chi connectivity index (χ4v) is 5.66. The summed E-state index contributed by atoms with van der Waals surface area (Å²) in [5.74, 6) is -1.43. The summed E-state index contributed by atoms with van der Waals surface area (Å²) in [4.78, 5) is 0. The molecular weight excluding hydrogens is 479 g/mol. The van der Waals surface area contributed by atoms with Gasteiger partial charge in [0.05, 0.1) is 12.2 Å². The van der Waals surface area contributed by atoms with Gasteiger partial charge in [0, 0.05) is 14.8 Å². The number of hydrogen-bond acceptors (Lipinski definition) is 4. The van der Waals surface area contributed by atoms with Crippen molar-refractivity contribution in [1.82, 2.24) is 0 Å². The monoisotopic (exact) mass is 505 g/mol. The Labute approximate surface area is 174 Å². The summed E-state index contributed by atoms with van der Waals surface area (Å²) < 4.78 is 41.0. The van der Waals surface area contributed by atoms with E-state index in [1.165, 1.54) is 6.07 Å². The first-order valence-electron chi connectivity index (χ1n) is 8.86. The zero-order valence-corrected chi connectivity index (χ0v) is 19.3. The third kappa shape index (κ3) is 6.01. The van der Waals surface area contributed by atoms with E-state index in [0.29, 0.717) is 0 Å². The molecule has 0 amide bonds. The van der Waals surface area contributed by atoms with E-state index in [-0.39, 0.29) is 17.8 Å². The van der Waals surface area contributed by atoms with Crippen LogP contribution in [0.2, 0.25) is 0 Å². The van der Waals surface area contributed by atoms with E-state index in [1.54, 1.807) is 45.9 Å². The van der Waals surface area contributed by atoms with Gasteiger partial charge >= 0.3 is 7.60 Å². The highest BCUT2D eigenvalue weighted by atomic mass is 127. The summed E-state index contributed by atoms with van der Waals surface area (Å²) in [7, 11) is -3.74. The molecule has 1 N–H and O–H groups in total. The van der Waals surface area contributed by atoms with Gasteiger partial charge in [0.25, 0.3) is 0 Å². The highest BCUT2D eigenvalue weighted by molar-refractivity contribution is 14.1. The second kappa shape index (κ2) is 9.50. The van der Waals surface area contributed by atoms with Crippen LogP contribution in [-0.4, -0.2) is 12.2 Å². The molecule has 0 spiro atoms. The molecule has 0 fully saturated rings. The Morgan fingerprint density at radius 2 is 1.63 bits per heavy atom. The third-order valence-corrected chi connectivity index (χ3v) is 6.85. The van der Waals surface area contributed by atoms with Gasteiger partial charge in [0.2, 0.25) is 0 Å². The number of aryl methyl sites for hydroxylation is 1. The van der Waals surface area contributed by atoms with Crippen molar-refractivity contribution in [3.63, 3.8) is 0 Å². The molecule has 0 aliphatic heterocycles. The average molecular weight is 505 g/mol. The van der Waals surface area contributed by atoms with Gasteiger partial charge in [-0.2, -0.15) is 0 Å². The molecule has 2 rings (SSSR count). The fraction of sp³-hybridized carbons (Fsp3) is 0.400. The standard InChI is InChI=1S/C20H26FINO3P/c1-13(2)25-27(24,26-14(3)4)20(17-8-6-7-9-18(17)21)23-19-11-10-16(22)12-15(19)5/h6-14,20,23H,1-5H3. The van der Waals surface area contributed by atoms with Crippen LogP contribution in [0.15, 0.2) is 42.5 Å². The number of nitrogens with one attached hydrogen (secondary N) is 1. The number of benzene rings is 2. The molecule has 0 radical (unpaired) electrons. The Bertz CT molecular complexity index is 815. The van der Waals surface area contributed by atoms with E-state index in [0.717, 1.165) is 14.8 Å². The van der Waals surface area contributed by atoms with Crippen LogP contribution in [0.4, 0.5) is 10.1 Å². The molecule has 1 atom stereocenters. The Balaban J connectivity index is 2.57. The van der Waals surface area contributed by atoms with E-state index in [1.807, 2.05) is 25.1 Å². The van der Waals surface area contributed by atoms with E-state index in [2.05, 4.69) is 27.9 Å². The minimum Gasteiger partial charge on any atom is -0.368 e. The van der Waals surface area contributed by atoms with Gasteiger partial charge in [0.15, 0.2) is 5.78 Å². The van der Waals surface area contributed by atoms with Crippen molar-refractivity contribution in [2.45, 2.75) is 52.6 Å². The third-order valence-electron chi connectivity index (χ3n) is 3.71. The largest absolute Gasteiger partial charge is 0.368 e. The van der Waals surface area contributed by atoms with Crippen molar-refractivity contribution in [1.29, 1.82) is 0 Å². The molecule has 4 nitrogen and oxygen atoms in total. The minimum absolute atomic E-state index is 0.250. The topological polar surface area (TPSA) is 47.6 Å². The van der Waals surface area contributed by atoms with Gasteiger partial charge in [-0.3, -0.25) is 4.57 Å². The van der Waals surface area contributed by atoms with Crippen molar-refractivity contribution in [3.05, 3.63) is 63.0 Å². The zero-order valence-electron chi connectivity index (χ0n) is 16.2. The van der Waals surface area contributed by atoms with E-state index < -0.39 is 19.2 Å². The summed E-state index contributed by atoms with van der Waals surface area (Å²) >= 11 is 2.23. The number of halogens is 2. The SMILES string of the molecule is Cc1cc(I)ccc1NC(c1ccccc1F)P(=O)(OC(C)C)OC(C)C. The van der Waals surface area contributed by atoms with E-state index >= 15 is 0 Å². The Hall–Kier alpha value is -0.950. The molecule has 1 unspecified atom stereocenters. The molecule has 0 aliphatic carbocycles. The Morgan fingerprint density at radius 3 is 2.15 bits per heavy atom. The normalized spacial score (nSPS) is 13.2. The lowest BCUT2D eigenvalue weighted by Gasteiger charge is -2.31. The van der Waals surface area contributed by atoms with E-state index in [9.17, 15) is 8.96 Å². The molecule has 0 saturated carbocycles. The lowest BCUT2D eigenvalue weighted by atomic mass is 10.1. The molecule has 2 aromatic rings. The molecule has 27 heavy (non-hydrogen) atoms. The molecule has 0 bridgehead atoms. The predicted octanol–water partition coefficient (Wildman–Crippen LogP) is 6.89. The quantitative estimate of drug-likeness (QED) is 0.314. The van der Waals surface area contributed by atoms with Crippen LogP contribution in [0.5, 0.6) is 0 Å². The summed E-state index contributed by atoms with van der Waals surface area (Å²) in [6.07, 6.45) is -0.688. The summed E-state index contributed by atoms with van der Waals surface area (Å²) in [5.41, 5.74) is 1.97. The molecule has 0 aliphatic rings. The first-order chi connectivity index (χ1) is 12.6. The predicted molar refractivity (Wildman–Crippen MR) is 117 cm³/mol. The second-order valence-corrected chi connectivity index (χ2v) is 10.1. The van der Waals surface area contributed by atoms with Gasteiger partial charge in [0.1, 0.15) is 5.82 Å². The Morgan fingerprint density at radius 1 is 1.04 bits per heavy atom. The lowest BCUT2D eigenvalue weighted by molar-refractivity contribution is 0.137. The van der Waals surface area contributed by atoms with Gasteiger partial charge < -0.3 is 14.4 Å². The van der Waals surface area contributed by atoms with E-state index in [4.69, 9.17) is 9.05 Å². The van der Waals surface area contributed by atoms with Crippen LogP contribution in [0.1, 0.15) is 44.6 Å². The number of hydrogen-bond donors (Lipinski definition) is 1. The molecule has 0 heterocycles. The first kappa shape index (κ1) is 22.3. The maximum atomic E-state index is 14.6. The van der Waals surface area contributed by atoms with Crippen molar-refractivity contribution in [3.8, 4) is 0 Å². The summed E-state index contributed by atoms with van der Waals surface area (Å²) in [6, 6.07) is 12.1. The van der Waals surface area contributed by atoms with Gasteiger partial charge in [-0.1, -0.05) is 18.2 Å². The van der Waals surface area contributed by atoms with Crippen LogP contribution in [0.3, 0.4) is 0 Å². The van der Waals surface area contributed by atoms with Crippen molar-refractivity contribution in [2.24, 2.45) is 0 Å². The lowest BCUT2D eigenvalue weighted by Crippen LogP contribution is -2.20. The highest BCUT2D eigenvalue weighted by Crippen LogP contribution is 2.62. The molecule has 0 aromatic heterocycles. The van der Waals surface area contributed by atoms with Gasteiger partial charge in [-0.15, -0.1) is 0 Å². The van der Waals surface area contributed by atoms with Crippen LogP contribution >= 0.6 is 30.2 Å². The number of rotatable bonds is 8.